The molecule has 0 saturated carbocycles. The van der Waals surface area contributed by atoms with Crippen LogP contribution in [0.25, 0.3) is 10.9 Å². The Kier molecular flexibility index (Phi) is 2.90. The van der Waals surface area contributed by atoms with E-state index in [1.54, 1.807) is 24.2 Å². The number of thioether (sulfide) groups is 1. The number of aromatic amines is 1. The van der Waals surface area contributed by atoms with Gasteiger partial charge in [0, 0.05) is 16.7 Å². The Morgan fingerprint density at radius 2 is 2.06 bits per heavy atom. The van der Waals surface area contributed by atoms with Crippen LogP contribution in [-0.2, 0) is 5.75 Å². The minimum absolute atomic E-state index is 0.453. The lowest BCUT2D eigenvalue weighted by Gasteiger charge is -1.98. The highest BCUT2D eigenvalue weighted by molar-refractivity contribution is 7.98. The lowest BCUT2D eigenvalue weighted by molar-refractivity contribution is 1.10. The van der Waals surface area contributed by atoms with E-state index < -0.39 is 0 Å². The van der Waals surface area contributed by atoms with Crippen molar-refractivity contribution in [2.45, 2.75) is 10.8 Å². The van der Waals surface area contributed by atoms with Gasteiger partial charge < -0.3 is 10.7 Å². The van der Waals surface area contributed by atoms with Crippen LogP contribution >= 0.6 is 11.8 Å². The molecule has 2 aromatic heterocycles. The number of benzene rings is 1. The number of H-pyrrole nitrogens is 1. The predicted molar refractivity (Wildman–Crippen MR) is 74.3 cm³/mol. The maximum atomic E-state index is 5.50. The first-order valence-electron chi connectivity index (χ1n) is 5.58. The SMILES string of the molecule is Nc1cnc(CSc2cc3ccccc3[nH]2)cn1. The number of aromatic nitrogens is 3. The maximum absolute atomic E-state index is 5.50. The van der Waals surface area contributed by atoms with E-state index in [-0.39, 0.29) is 0 Å². The number of hydrogen-bond donors (Lipinski definition) is 2. The number of para-hydroxylation sites is 1. The van der Waals surface area contributed by atoms with Gasteiger partial charge in [0.2, 0.25) is 0 Å². The van der Waals surface area contributed by atoms with Gasteiger partial charge in [0.25, 0.3) is 0 Å². The van der Waals surface area contributed by atoms with Gasteiger partial charge in [0.05, 0.1) is 23.1 Å². The molecule has 0 bridgehead atoms. The average molecular weight is 256 g/mol. The standard InChI is InChI=1S/C13H12N4S/c14-12-7-15-10(6-16-12)8-18-13-5-9-3-1-2-4-11(9)17-13/h1-7,17H,8H2,(H2,14,16). The third-order valence-corrected chi connectivity index (χ3v) is 3.58. The number of fused-ring (bicyclic) bond motifs is 1. The van der Waals surface area contributed by atoms with Crippen LogP contribution in [0.4, 0.5) is 5.82 Å². The second kappa shape index (κ2) is 4.70. The van der Waals surface area contributed by atoms with Gasteiger partial charge in [-0.05, 0) is 12.1 Å². The lowest BCUT2D eigenvalue weighted by Crippen LogP contribution is -1.94. The lowest BCUT2D eigenvalue weighted by atomic mass is 10.3. The molecule has 18 heavy (non-hydrogen) atoms. The van der Waals surface area contributed by atoms with Crippen LogP contribution in [0, 0.1) is 0 Å². The van der Waals surface area contributed by atoms with E-state index in [1.165, 1.54) is 5.39 Å². The summed E-state index contributed by atoms with van der Waals surface area (Å²) in [7, 11) is 0. The summed E-state index contributed by atoms with van der Waals surface area (Å²) in [6, 6.07) is 10.4. The molecule has 0 aliphatic rings. The van der Waals surface area contributed by atoms with E-state index in [0.717, 1.165) is 22.0 Å². The van der Waals surface area contributed by atoms with Crippen molar-refractivity contribution in [2.75, 3.05) is 5.73 Å². The van der Waals surface area contributed by atoms with Gasteiger partial charge in [0.15, 0.2) is 0 Å². The minimum atomic E-state index is 0.453. The molecule has 90 valence electrons. The van der Waals surface area contributed by atoms with Gasteiger partial charge in [-0.3, -0.25) is 4.98 Å². The van der Waals surface area contributed by atoms with E-state index in [4.69, 9.17) is 5.73 Å². The van der Waals surface area contributed by atoms with E-state index >= 15 is 0 Å². The van der Waals surface area contributed by atoms with E-state index in [0.29, 0.717) is 5.82 Å². The van der Waals surface area contributed by atoms with Crippen LogP contribution in [0.15, 0.2) is 47.8 Å². The molecule has 2 heterocycles. The molecule has 1 aromatic carbocycles. The third-order valence-electron chi connectivity index (χ3n) is 2.61. The van der Waals surface area contributed by atoms with Gasteiger partial charge in [-0.1, -0.05) is 18.2 Å². The average Bonchev–Trinajstić information content (AvgIpc) is 2.81. The Hall–Kier alpha value is -2.01. The summed E-state index contributed by atoms with van der Waals surface area (Å²) in [5, 5.41) is 2.36. The minimum Gasteiger partial charge on any atom is -0.382 e. The van der Waals surface area contributed by atoms with Crippen molar-refractivity contribution in [2.24, 2.45) is 0 Å². The Morgan fingerprint density at radius 3 is 2.83 bits per heavy atom. The van der Waals surface area contributed by atoms with Gasteiger partial charge >= 0.3 is 0 Å². The molecule has 0 radical (unpaired) electrons. The van der Waals surface area contributed by atoms with Gasteiger partial charge in [-0.15, -0.1) is 11.8 Å². The first-order chi connectivity index (χ1) is 8.81. The number of nitrogen functional groups attached to an aromatic ring is 1. The number of nitrogens with two attached hydrogens (primary N) is 1. The highest BCUT2D eigenvalue weighted by Crippen LogP contribution is 2.25. The molecule has 3 rings (SSSR count). The van der Waals surface area contributed by atoms with Gasteiger partial charge in [-0.2, -0.15) is 0 Å². The summed E-state index contributed by atoms with van der Waals surface area (Å²) in [5.74, 6) is 1.23. The molecular formula is C13H12N4S. The first-order valence-corrected chi connectivity index (χ1v) is 6.57. The maximum Gasteiger partial charge on any atom is 0.141 e. The van der Waals surface area contributed by atoms with Crippen molar-refractivity contribution in [3.05, 3.63) is 48.4 Å². The molecule has 0 amide bonds. The zero-order valence-electron chi connectivity index (χ0n) is 9.63. The van der Waals surface area contributed by atoms with E-state index in [9.17, 15) is 0 Å². The molecule has 3 N–H and O–H groups in total. The number of nitrogens with one attached hydrogen (secondary N) is 1. The summed E-state index contributed by atoms with van der Waals surface area (Å²) < 4.78 is 0. The summed E-state index contributed by atoms with van der Waals surface area (Å²) in [4.78, 5) is 11.6. The van der Waals surface area contributed by atoms with Gasteiger partial charge in [0.1, 0.15) is 5.82 Å². The quantitative estimate of drug-likeness (QED) is 0.707. The highest BCUT2D eigenvalue weighted by atomic mass is 32.2. The fourth-order valence-electron chi connectivity index (χ4n) is 1.72. The molecule has 0 unspecified atom stereocenters. The number of anilines is 1. The molecular weight excluding hydrogens is 244 g/mol. The van der Waals surface area contributed by atoms with Crippen molar-refractivity contribution in [3.63, 3.8) is 0 Å². The summed E-state index contributed by atoms with van der Waals surface area (Å²) in [5.41, 5.74) is 7.58. The molecule has 0 aliphatic carbocycles. The molecule has 0 aliphatic heterocycles. The van der Waals surface area contributed by atoms with Crippen LogP contribution in [0.3, 0.4) is 0 Å². The smallest absolute Gasteiger partial charge is 0.141 e. The predicted octanol–water partition coefficient (Wildman–Crippen LogP) is 2.83. The molecule has 3 aromatic rings. The van der Waals surface area contributed by atoms with Crippen LogP contribution < -0.4 is 5.73 Å². The molecule has 4 nitrogen and oxygen atoms in total. The van der Waals surface area contributed by atoms with Crippen molar-refractivity contribution < 1.29 is 0 Å². The summed E-state index contributed by atoms with van der Waals surface area (Å²) in [6.07, 6.45) is 3.30. The Morgan fingerprint density at radius 1 is 1.17 bits per heavy atom. The molecule has 5 heteroatoms. The van der Waals surface area contributed by atoms with Crippen LogP contribution in [-0.4, -0.2) is 15.0 Å². The van der Waals surface area contributed by atoms with E-state index in [2.05, 4.69) is 33.2 Å². The number of rotatable bonds is 3. The van der Waals surface area contributed by atoms with E-state index in [1.807, 2.05) is 12.1 Å². The van der Waals surface area contributed by atoms with Crippen LogP contribution in [0.1, 0.15) is 5.69 Å². The zero-order valence-corrected chi connectivity index (χ0v) is 10.4. The monoisotopic (exact) mass is 256 g/mol. The van der Waals surface area contributed by atoms with Crippen LogP contribution in [0.5, 0.6) is 0 Å². The zero-order chi connectivity index (χ0) is 12.4. The van der Waals surface area contributed by atoms with Crippen LogP contribution in [0.2, 0.25) is 0 Å². The van der Waals surface area contributed by atoms with Crippen molar-refractivity contribution in [1.29, 1.82) is 0 Å². The summed E-state index contributed by atoms with van der Waals surface area (Å²) >= 11 is 1.71. The Bertz CT molecular complexity index is 627. The Balaban J connectivity index is 1.74. The fourth-order valence-corrected chi connectivity index (χ4v) is 2.56. The third kappa shape index (κ3) is 2.31. The fraction of sp³-hybridized carbons (Fsp3) is 0.0769. The number of hydrogen-bond acceptors (Lipinski definition) is 4. The first kappa shape index (κ1) is 11.1. The molecule has 0 spiro atoms. The molecule has 0 saturated heterocycles. The molecule has 0 fully saturated rings. The number of nitrogens with zero attached hydrogens (tertiary/aromatic N) is 2. The van der Waals surface area contributed by atoms with Crippen molar-refractivity contribution in [1.82, 2.24) is 15.0 Å². The second-order valence-electron chi connectivity index (χ2n) is 3.94. The Labute approximate surface area is 109 Å². The second-order valence-corrected chi connectivity index (χ2v) is 4.96. The topological polar surface area (TPSA) is 67.6 Å². The normalized spacial score (nSPS) is 10.9. The van der Waals surface area contributed by atoms with Crippen molar-refractivity contribution in [3.8, 4) is 0 Å². The summed E-state index contributed by atoms with van der Waals surface area (Å²) in [6.45, 7) is 0. The highest BCUT2D eigenvalue weighted by Gasteiger charge is 2.02. The van der Waals surface area contributed by atoms with Gasteiger partial charge in [-0.25, -0.2) is 4.98 Å². The molecule has 0 atom stereocenters. The largest absolute Gasteiger partial charge is 0.382 e. The van der Waals surface area contributed by atoms with Crippen molar-refractivity contribution >= 4 is 28.5 Å².